The number of allylic oxidation sites excluding steroid dienone is 6. The Morgan fingerprint density at radius 2 is 1.05 bits per heavy atom. The van der Waals surface area contributed by atoms with Gasteiger partial charge in [-0.2, -0.15) is 0 Å². The van der Waals surface area contributed by atoms with Crippen molar-refractivity contribution in [3.8, 4) is 0 Å². The minimum Gasteiger partial charge on any atom is -0.481 e. The highest BCUT2D eigenvalue weighted by Gasteiger charge is 2.56. The van der Waals surface area contributed by atoms with Gasteiger partial charge in [0.1, 0.15) is 18.6 Å². The zero-order chi connectivity index (χ0) is 46.3. The molecule has 0 rings (SSSR count). The van der Waals surface area contributed by atoms with E-state index in [1.807, 2.05) is 12.2 Å². The molecule has 5 N–H and O–H groups in total. The second-order valence-electron chi connectivity index (χ2n) is 16.2. The molecule has 0 radical (unpaired) electrons. The van der Waals surface area contributed by atoms with Crippen LogP contribution in [0, 0.1) is 5.92 Å². The number of ether oxygens (including phenoxy) is 3. The van der Waals surface area contributed by atoms with Crippen molar-refractivity contribution >= 4 is 35.8 Å². The molecule has 4 atom stereocenters. The summed E-state index contributed by atoms with van der Waals surface area (Å²) >= 11 is 0. The van der Waals surface area contributed by atoms with Gasteiger partial charge in [0.05, 0.1) is 13.0 Å². The maximum absolute atomic E-state index is 13.4. The number of carbonyl (C=O) groups is 6. The fourth-order valence-electron chi connectivity index (χ4n) is 6.87. The topological polar surface area (TPSA) is 231 Å². The van der Waals surface area contributed by atoms with Crippen LogP contribution in [0.5, 0.6) is 0 Å². The maximum Gasteiger partial charge on any atom is 0.349 e. The Morgan fingerprint density at radius 3 is 1.53 bits per heavy atom. The largest absolute Gasteiger partial charge is 0.481 e. The van der Waals surface area contributed by atoms with Gasteiger partial charge in [-0.25, -0.2) is 9.59 Å². The van der Waals surface area contributed by atoms with Crippen molar-refractivity contribution in [2.75, 3.05) is 13.2 Å². The molecule has 0 aromatic rings. The first kappa shape index (κ1) is 58.0. The van der Waals surface area contributed by atoms with E-state index < -0.39 is 79.2 Å². The Morgan fingerprint density at radius 1 is 0.581 bits per heavy atom. The SMILES string of the molecule is CCCCCCCCC=CCCCCCCCC(=O)OC(C)C(=O)OC(CC(=O)O)(C(=O)O)C(CCCCCC=CCC=CCCCCCCCC(=O)O)C(=O)OCC(O)CO. The van der Waals surface area contributed by atoms with E-state index in [4.69, 9.17) is 19.3 Å². The van der Waals surface area contributed by atoms with Gasteiger partial charge in [0.15, 0.2) is 6.10 Å². The predicted molar refractivity (Wildman–Crippen MR) is 237 cm³/mol. The molecule has 0 saturated carbocycles. The zero-order valence-electron chi connectivity index (χ0n) is 37.8. The number of hydrogen-bond acceptors (Lipinski definition) is 11. The van der Waals surface area contributed by atoms with Crippen LogP contribution in [0.15, 0.2) is 36.5 Å². The highest BCUT2D eigenvalue weighted by molar-refractivity contribution is 5.93. The lowest BCUT2D eigenvalue weighted by Crippen LogP contribution is -2.55. The van der Waals surface area contributed by atoms with Crippen LogP contribution in [0.3, 0.4) is 0 Å². The summed E-state index contributed by atoms with van der Waals surface area (Å²) in [6.07, 6.45) is 31.0. The van der Waals surface area contributed by atoms with Gasteiger partial charge in [-0.15, -0.1) is 0 Å². The number of carboxylic acid groups (broad SMARTS) is 3. The number of aliphatic hydroxyl groups excluding tert-OH is 2. The molecular weight excluding hydrogens is 801 g/mol. The van der Waals surface area contributed by atoms with Gasteiger partial charge in [0.2, 0.25) is 5.60 Å². The van der Waals surface area contributed by atoms with Crippen molar-refractivity contribution in [2.24, 2.45) is 5.92 Å². The van der Waals surface area contributed by atoms with Crippen LogP contribution in [-0.2, 0) is 43.0 Å². The van der Waals surface area contributed by atoms with Crippen LogP contribution < -0.4 is 0 Å². The van der Waals surface area contributed by atoms with Crippen LogP contribution in [0.2, 0.25) is 0 Å². The van der Waals surface area contributed by atoms with Crippen molar-refractivity contribution in [2.45, 2.75) is 211 Å². The van der Waals surface area contributed by atoms with E-state index in [1.165, 1.54) is 45.4 Å². The van der Waals surface area contributed by atoms with Crippen LogP contribution in [0.1, 0.15) is 194 Å². The van der Waals surface area contributed by atoms with Crippen LogP contribution >= 0.6 is 0 Å². The average Bonchev–Trinajstić information content (AvgIpc) is 3.22. The Balaban J connectivity index is 5.11. The van der Waals surface area contributed by atoms with E-state index in [0.717, 1.165) is 77.0 Å². The first-order valence-electron chi connectivity index (χ1n) is 23.3. The minimum atomic E-state index is -2.93. The number of rotatable bonds is 42. The number of unbranched alkanes of at least 4 members (excludes halogenated alkanes) is 19. The summed E-state index contributed by atoms with van der Waals surface area (Å²) in [6, 6.07) is 0. The first-order chi connectivity index (χ1) is 29.8. The third kappa shape index (κ3) is 30.9. The number of carbonyl (C=O) groups excluding carboxylic acids is 3. The standard InChI is InChI=1S/C48H80O14/c1-3-4-5-6-7-8-9-10-12-17-20-23-26-29-32-35-44(55)61-39(2)45(56)62-48(47(58)59,36-43(53)54)41(46(57)60-38-40(50)37-49)33-30-27-24-21-18-15-13-11-14-16-19-22-25-28-31-34-42(51)52/h10-12,14-15,18,39-41,49-50H,3-9,13,16-17,19-38H2,1-2H3,(H,51,52)(H,53,54)(H,58,59). The molecule has 0 aliphatic rings. The van der Waals surface area contributed by atoms with Gasteiger partial charge in [-0.1, -0.05) is 127 Å². The molecule has 0 amide bonds. The molecule has 0 spiro atoms. The first-order valence-corrected chi connectivity index (χ1v) is 23.3. The molecule has 4 unspecified atom stereocenters. The van der Waals surface area contributed by atoms with E-state index in [-0.39, 0.29) is 25.7 Å². The second kappa shape index (κ2) is 38.6. The fourth-order valence-corrected chi connectivity index (χ4v) is 6.87. The van der Waals surface area contributed by atoms with Crippen molar-refractivity contribution in [1.29, 1.82) is 0 Å². The highest BCUT2D eigenvalue weighted by atomic mass is 16.6. The van der Waals surface area contributed by atoms with Gasteiger partial charge in [0.25, 0.3) is 0 Å². The molecule has 0 aromatic heterocycles. The summed E-state index contributed by atoms with van der Waals surface area (Å²) in [4.78, 5) is 74.7. The number of esters is 3. The molecule has 62 heavy (non-hydrogen) atoms. The molecule has 0 heterocycles. The Kier molecular flexibility index (Phi) is 36.1. The van der Waals surface area contributed by atoms with Crippen LogP contribution in [0.25, 0.3) is 0 Å². The number of aliphatic hydroxyl groups is 2. The van der Waals surface area contributed by atoms with Gasteiger partial charge in [0, 0.05) is 12.8 Å². The summed E-state index contributed by atoms with van der Waals surface area (Å²) in [5.74, 6) is -9.42. The molecule has 14 nitrogen and oxygen atoms in total. The summed E-state index contributed by atoms with van der Waals surface area (Å²) in [5, 5.41) is 47.8. The number of carboxylic acids is 3. The third-order valence-corrected chi connectivity index (χ3v) is 10.5. The molecule has 0 aliphatic heterocycles. The second-order valence-corrected chi connectivity index (χ2v) is 16.2. The number of hydrogen-bond donors (Lipinski definition) is 5. The summed E-state index contributed by atoms with van der Waals surface area (Å²) in [7, 11) is 0. The molecule has 0 aliphatic carbocycles. The van der Waals surface area contributed by atoms with Crippen molar-refractivity contribution in [3.05, 3.63) is 36.5 Å². The van der Waals surface area contributed by atoms with E-state index in [9.17, 15) is 49.2 Å². The van der Waals surface area contributed by atoms with E-state index >= 15 is 0 Å². The zero-order valence-corrected chi connectivity index (χ0v) is 37.8. The quantitative estimate of drug-likeness (QED) is 0.0166. The van der Waals surface area contributed by atoms with Gasteiger partial charge >= 0.3 is 35.8 Å². The lowest BCUT2D eigenvalue weighted by molar-refractivity contribution is -0.203. The lowest BCUT2D eigenvalue weighted by atomic mass is 9.80. The summed E-state index contributed by atoms with van der Waals surface area (Å²) in [5.41, 5.74) is -2.93. The van der Waals surface area contributed by atoms with Crippen LogP contribution in [-0.4, -0.2) is 92.4 Å². The molecule has 0 saturated heterocycles. The van der Waals surface area contributed by atoms with E-state index in [2.05, 4.69) is 31.2 Å². The van der Waals surface area contributed by atoms with Crippen molar-refractivity contribution in [3.63, 3.8) is 0 Å². The molecule has 0 fully saturated rings. The van der Waals surface area contributed by atoms with E-state index in [1.54, 1.807) is 0 Å². The van der Waals surface area contributed by atoms with Gasteiger partial charge < -0.3 is 39.7 Å². The highest BCUT2D eigenvalue weighted by Crippen LogP contribution is 2.34. The van der Waals surface area contributed by atoms with Crippen molar-refractivity contribution in [1.82, 2.24) is 0 Å². The Bertz CT molecular complexity index is 1320. The monoisotopic (exact) mass is 881 g/mol. The molecular formula is C48H80O14. The third-order valence-electron chi connectivity index (χ3n) is 10.5. The fraction of sp³-hybridized carbons (Fsp3) is 0.750. The Hall–Kier alpha value is -4.04. The maximum atomic E-state index is 13.4. The van der Waals surface area contributed by atoms with Crippen LogP contribution in [0.4, 0.5) is 0 Å². The van der Waals surface area contributed by atoms with Crippen molar-refractivity contribution < 1.29 is 68.5 Å². The normalized spacial score (nSPS) is 14.1. The number of aliphatic carboxylic acids is 3. The molecule has 0 aromatic carbocycles. The average molecular weight is 881 g/mol. The lowest BCUT2D eigenvalue weighted by Gasteiger charge is -2.35. The predicted octanol–water partition coefficient (Wildman–Crippen LogP) is 9.58. The smallest absolute Gasteiger partial charge is 0.349 e. The molecule has 356 valence electrons. The van der Waals surface area contributed by atoms with Gasteiger partial charge in [-0.3, -0.25) is 19.2 Å². The molecule has 14 heteroatoms. The minimum absolute atomic E-state index is 0.0168. The van der Waals surface area contributed by atoms with Gasteiger partial charge in [-0.05, 0) is 84.0 Å². The molecule has 0 bridgehead atoms. The Labute approximate surface area is 370 Å². The summed E-state index contributed by atoms with van der Waals surface area (Å²) in [6.45, 7) is 1.93. The van der Waals surface area contributed by atoms with E-state index in [0.29, 0.717) is 32.1 Å². The summed E-state index contributed by atoms with van der Waals surface area (Å²) < 4.78 is 15.7.